The van der Waals surface area contributed by atoms with Crippen molar-refractivity contribution < 1.29 is 18.8 Å². The lowest BCUT2D eigenvalue weighted by Crippen LogP contribution is -2.50. The van der Waals surface area contributed by atoms with E-state index in [1.165, 1.54) is 5.56 Å². The monoisotopic (exact) mass is 543 g/mol. The van der Waals surface area contributed by atoms with Crippen LogP contribution in [0.5, 0.6) is 0 Å². The number of rotatable bonds is 4. The fraction of sp³-hybridized carbons (Fsp3) is 0.448. The molecule has 0 aliphatic carbocycles. The average molecular weight is 544 g/mol. The molecule has 4 aromatic rings. The second-order valence-electron chi connectivity index (χ2n) is 11.6. The van der Waals surface area contributed by atoms with Gasteiger partial charge in [0.25, 0.3) is 0 Å². The molecule has 208 valence electrons. The number of carbonyl (C=O) groups is 2. The van der Waals surface area contributed by atoms with E-state index in [0.29, 0.717) is 43.6 Å². The Morgan fingerprint density at radius 2 is 1.85 bits per heavy atom. The first-order valence-corrected chi connectivity index (χ1v) is 13.8. The van der Waals surface area contributed by atoms with Gasteiger partial charge in [0, 0.05) is 30.8 Å². The predicted octanol–water partition coefficient (Wildman–Crippen LogP) is 4.78. The molecule has 2 amide bonds. The number of nitrogens with zero attached hydrogens (tertiary/aromatic N) is 6. The summed E-state index contributed by atoms with van der Waals surface area (Å²) in [5, 5.41) is 19.3. The number of aromatic nitrogens is 5. The number of carbonyl (C=O) groups excluding carboxylic acids is 2. The third-order valence-electron chi connectivity index (χ3n) is 7.69. The van der Waals surface area contributed by atoms with Crippen molar-refractivity contribution in [1.82, 2.24) is 35.6 Å². The van der Waals surface area contributed by atoms with Crippen LogP contribution in [0.15, 0.2) is 47.0 Å². The van der Waals surface area contributed by atoms with E-state index in [1.54, 1.807) is 4.90 Å². The molecule has 1 N–H and O–H groups in total. The maximum atomic E-state index is 13.4. The lowest BCUT2D eigenvalue weighted by atomic mass is 9.88. The number of likely N-dealkylation sites (tertiary alicyclic amines) is 2. The zero-order valence-corrected chi connectivity index (χ0v) is 23.0. The Morgan fingerprint density at radius 3 is 2.60 bits per heavy atom. The molecule has 40 heavy (non-hydrogen) atoms. The first-order chi connectivity index (χ1) is 19.3. The van der Waals surface area contributed by atoms with Gasteiger partial charge in [-0.1, -0.05) is 23.4 Å². The molecule has 0 radical (unpaired) electrons. The van der Waals surface area contributed by atoms with Gasteiger partial charge in [-0.15, -0.1) is 5.10 Å². The van der Waals surface area contributed by atoms with Gasteiger partial charge in [0.05, 0.1) is 5.39 Å². The number of amides is 2. The summed E-state index contributed by atoms with van der Waals surface area (Å²) in [6, 6.07) is 13.7. The maximum Gasteiger partial charge on any atom is 0.410 e. The van der Waals surface area contributed by atoms with Crippen molar-refractivity contribution in [1.29, 1.82) is 0 Å². The maximum absolute atomic E-state index is 13.4. The summed E-state index contributed by atoms with van der Waals surface area (Å²) in [5.41, 5.74) is 3.18. The van der Waals surface area contributed by atoms with Crippen LogP contribution in [-0.2, 0) is 9.53 Å². The molecule has 2 aliphatic rings. The molecule has 11 nitrogen and oxygen atoms in total. The number of aromatic amines is 1. The van der Waals surface area contributed by atoms with Crippen molar-refractivity contribution in [3.8, 4) is 22.7 Å². The van der Waals surface area contributed by atoms with E-state index in [-0.39, 0.29) is 5.91 Å². The van der Waals surface area contributed by atoms with Gasteiger partial charge in [0.2, 0.25) is 5.91 Å². The van der Waals surface area contributed by atoms with Gasteiger partial charge < -0.3 is 14.2 Å². The Morgan fingerprint density at radius 1 is 1.02 bits per heavy atom. The number of benzene rings is 2. The molecule has 2 fully saturated rings. The first-order valence-electron chi connectivity index (χ1n) is 13.8. The lowest BCUT2D eigenvalue weighted by molar-refractivity contribution is -0.137. The van der Waals surface area contributed by atoms with E-state index in [2.05, 4.69) is 37.9 Å². The highest BCUT2D eigenvalue weighted by Gasteiger charge is 2.39. The minimum absolute atomic E-state index is 0.0291. The van der Waals surface area contributed by atoms with Gasteiger partial charge in [-0.3, -0.25) is 9.69 Å². The molecule has 2 aromatic carbocycles. The van der Waals surface area contributed by atoms with E-state index in [1.807, 2.05) is 56.0 Å². The molecule has 0 bridgehead atoms. The van der Waals surface area contributed by atoms with Crippen LogP contribution in [-0.4, -0.2) is 78.9 Å². The number of fused-ring (bicyclic) bond motifs is 1. The molecule has 4 heterocycles. The first kappa shape index (κ1) is 26.0. The van der Waals surface area contributed by atoms with Gasteiger partial charge in [-0.25, -0.2) is 9.89 Å². The summed E-state index contributed by atoms with van der Waals surface area (Å²) in [4.78, 5) is 29.6. The average Bonchev–Trinajstić information content (AvgIpc) is 3.72. The quantitative estimate of drug-likeness (QED) is 0.389. The van der Waals surface area contributed by atoms with Gasteiger partial charge in [-0.2, -0.15) is 0 Å². The third kappa shape index (κ3) is 5.15. The molecule has 1 unspecified atom stereocenters. The van der Waals surface area contributed by atoms with Gasteiger partial charge in [-0.05, 0) is 92.6 Å². The fourth-order valence-corrected chi connectivity index (χ4v) is 5.72. The van der Waals surface area contributed by atoms with E-state index in [9.17, 15) is 9.59 Å². The number of hydrogen-bond donors (Lipinski definition) is 1. The number of nitrogens with one attached hydrogen (secondary N) is 1. The zero-order valence-electron chi connectivity index (χ0n) is 23.0. The van der Waals surface area contributed by atoms with E-state index < -0.39 is 17.7 Å². The van der Waals surface area contributed by atoms with Crippen LogP contribution < -0.4 is 0 Å². The predicted molar refractivity (Wildman–Crippen MR) is 147 cm³/mol. The minimum Gasteiger partial charge on any atom is -0.444 e. The molecular weight excluding hydrogens is 510 g/mol. The fourth-order valence-electron chi connectivity index (χ4n) is 5.72. The van der Waals surface area contributed by atoms with E-state index in [4.69, 9.17) is 9.26 Å². The lowest BCUT2D eigenvalue weighted by Gasteiger charge is -2.36. The summed E-state index contributed by atoms with van der Waals surface area (Å²) < 4.78 is 11.3. The number of ether oxygens (including phenoxy) is 1. The van der Waals surface area contributed by atoms with Crippen LogP contribution >= 0.6 is 0 Å². The highest BCUT2D eigenvalue weighted by atomic mass is 16.6. The van der Waals surface area contributed by atoms with Crippen LogP contribution in [0.25, 0.3) is 33.6 Å². The van der Waals surface area contributed by atoms with Crippen LogP contribution in [0.4, 0.5) is 4.79 Å². The Balaban J connectivity index is 1.14. The van der Waals surface area contributed by atoms with Crippen molar-refractivity contribution in [2.24, 2.45) is 0 Å². The largest absolute Gasteiger partial charge is 0.444 e. The molecule has 2 saturated heterocycles. The van der Waals surface area contributed by atoms with Crippen LogP contribution in [0.1, 0.15) is 57.9 Å². The molecule has 2 aromatic heterocycles. The number of hydrogen-bond acceptors (Lipinski definition) is 8. The second kappa shape index (κ2) is 10.4. The molecule has 0 saturated carbocycles. The smallest absolute Gasteiger partial charge is 0.410 e. The van der Waals surface area contributed by atoms with Gasteiger partial charge >= 0.3 is 6.09 Å². The SMILES string of the molecule is CC(C)(C)OC(=O)N1CCCC1C(=O)N1CCC(c2cccc(-c3onc4ccc(-c5nnn[nH]5)cc34)c2)CC1. The molecular formula is C29H33N7O4. The van der Waals surface area contributed by atoms with Crippen molar-refractivity contribution in [2.75, 3.05) is 19.6 Å². The highest BCUT2D eigenvalue weighted by Crippen LogP contribution is 2.35. The highest BCUT2D eigenvalue weighted by molar-refractivity contribution is 5.94. The summed E-state index contributed by atoms with van der Waals surface area (Å²) in [5.74, 6) is 1.62. The standard InChI is InChI=1S/C29H33N7O4/c1-29(2,3)39-28(38)36-13-5-8-24(36)27(37)35-14-11-18(12-15-35)19-6-4-7-20(16-19)25-22-17-21(26-30-33-34-31-26)9-10-23(22)32-40-25/h4,6-7,9-10,16-18,24H,5,8,11-15H2,1-3H3,(H,30,31,33,34). The summed E-state index contributed by atoms with van der Waals surface area (Å²) >= 11 is 0. The molecule has 11 heteroatoms. The molecule has 0 spiro atoms. The Labute approximate surface area is 231 Å². The second-order valence-corrected chi connectivity index (χ2v) is 11.6. The van der Waals surface area contributed by atoms with E-state index in [0.717, 1.165) is 41.3 Å². The van der Waals surface area contributed by atoms with Gasteiger partial charge in [0.1, 0.15) is 17.2 Å². The van der Waals surface area contributed by atoms with Crippen LogP contribution in [0.3, 0.4) is 0 Å². The minimum atomic E-state index is -0.588. The number of piperidine rings is 1. The summed E-state index contributed by atoms with van der Waals surface area (Å²) in [6.07, 6.45) is 2.80. The Kier molecular flexibility index (Phi) is 6.73. The van der Waals surface area contributed by atoms with Crippen molar-refractivity contribution in [3.63, 3.8) is 0 Å². The van der Waals surface area contributed by atoms with Crippen molar-refractivity contribution in [2.45, 2.75) is 64.0 Å². The van der Waals surface area contributed by atoms with E-state index >= 15 is 0 Å². The van der Waals surface area contributed by atoms with Crippen molar-refractivity contribution in [3.05, 3.63) is 48.0 Å². The summed E-state index contributed by atoms with van der Waals surface area (Å²) in [6.45, 7) is 7.41. The normalized spacial score (nSPS) is 18.4. The Hall–Kier alpha value is -4.28. The topological polar surface area (TPSA) is 130 Å². The third-order valence-corrected chi connectivity index (χ3v) is 7.69. The molecule has 1 atom stereocenters. The van der Waals surface area contributed by atoms with Crippen LogP contribution in [0, 0.1) is 0 Å². The Bertz CT molecular complexity index is 1520. The van der Waals surface area contributed by atoms with Crippen molar-refractivity contribution >= 4 is 22.9 Å². The summed E-state index contributed by atoms with van der Waals surface area (Å²) in [7, 11) is 0. The molecule has 2 aliphatic heterocycles. The molecule has 6 rings (SSSR count). The van der Waals surface area contributed by atoms with Crippen LogP contribution in [0.2, 0.25) is 0 Å². The number of tetrazole rings is 1. The zero-order chi connectivity index (χ0) is 27.9. The van der Waals surface area contributed by atoms with Gasteiger partial charge in [0.15, 0.2) is 11.6 Å². The number of H-pyrrole nitrogens is 1.